The Labute approximate surface area is 126 Å². The van der Waals surface area contributed by atoms with E-state index in [0.717, 1.165) is 0 Å². The van der Waals surface area contributed by atoms with Crippen LogP contribution in [0.1, 0.15) is 12.2 Å². The van der Waals surface area contributed by atoms with E-state index in [0.29, 0.717) is 24.5 Å². The van der Waals surface area contributed by atoms with Crippen molar-refractivity contribution < 1.29 is 23.9 Å². The summed E-state index contributed by atoms with van der Waals surface area (Å²) in [6.07, 6.45) is 2.19. The Bertz CT molecular complexity index is 463. The number of nitrogens with zero attached hydrogens (tertiary/aromatic N) is 1. The molecule has 0 aliphatic heterocycles. The number of carbonyl (C=O) groups excluding carboxylic acids is 2. The molecule has 1 aromatic rings. The highest BCUT2D eigenvalue weighted by atomic mass is 32.2. The number of amides is 2. The van der Waals surface area contributed by atoms with Crippen LogP contribution >= 0.6 is 11.8 Å². The standard InChI is InChI=1S/C13H18N2O5S/c1-15(7-10-3-2-5-20-10)12(17)8-21-6-4-11(13(18)19)14-9-16/h2-3,5,9,11H,4,6-8H2,1H3,(H,14,16)(H,18,19). The molecule has 0 aliphatic rings. The van der Waals surface area contributed by atoms with Gasteiger partial charge in [0.2, 0.25) is 12.3 Å². The van der Waals surface area contributed by atoms with Gasteiger partial charge in [0, 0.05) is 7.05 Å². The molecule has 116 valence electrons. The number of furan rings is 1. The van der Waals surface area contributed by atoms with E-state index in [1.165, 1.54) is 11.8 Å². The van der Waals surface area contributed by atoms with Crippen LogP contribution < -0.4 is 5.32 Å². The summed E-state index contributed by atoms with van der Waals surface area (Å²) < 4.78 is 5.16. The first kappa shape index (κ1) is 17.1. The quantitative estimate of drug-likeness (QED) is 0.483. The second-order valence-electron chi connectivity index (χ2n) is 4.35. The Morgan fingerprint density at radius 3 is 2.90 bits per heavy atom. The summed E-state index contributed by atoms with van der Waals surface area (Å²) in [7, 11) is 1.68. The average molecular weight is 314 g/mol. The first-order valence-electron chi connectivity index (χ1n) is 6.31. The molecule has 21 heavy (non-hydrogen) atoms. The molecule has 1 aromatic heterocycles. The third kappa shape index (κ3) is 6.35. The van der Waals surface area contributed by atoms with Gasteiger partial charge in [-0.05, 0) is 24.3 Å². The molecule has 0 saturated carbocycles. The molecule has 1 heterocycles. The van der Waals surface area contributed by atoms with Gasteiger partial charge in [0.25, 0.3) is 0 Å². The van der Waals surface area contributed by atoms with Crippen molar-refractivity contribution in [2.45, 2.75) is 19.0 Å². The van der Waals surface area contributed by atoms with E-state index in [-0.39, 0.29) is 18.1 Å². The van der Waals surface area contributed by atoms with Crippen molar-refractivity contribution in [3.63, 3.8) is 0 Å². The number of hydrogen-bond acceptors (Lipinski definition) is 5. The number of carboxylic acid groups (broad SMARTS) is 1. The predicted molar refractivity (Wildman–Crippen MR) is 77.7 cm³/mol. The molecule has 0 radical (unpaired) electrons. The van der Waals surface area contributed by atoms with E-state index in [1.54, 1.807) is 30.3 Å². The molecule has 0 spiro atoms. The molecule has 1 unspecified atom stereocenters. The second-order valence-corrected chi connectivity index (χ2v) is 5.45. The highest BCUT2D eigenvalue weighted by Gasteiger charge is 2.16. The van der Waals surface area contributed by atoms with Crippen LogP contribution in [0.4, 0.5) is 0 Å². The lowest BCUT2D eigenvalue weighted by molar-refractivity contribution is -0.140. The summed E-state index contributed by atoms with van der Waals surface area (Å²) in [5.74, 6) is 0.288. The molecule has 0 bridgehead atoms. The van der Waals surface area contributed by atoms with Gasteiger partial charge in [-0.25, -0.2) is 4.79 Å². The molecular weight excluding hydrogens is 296 g/mol. The Balaban J connectivity index is 2.23. The predicted octanol–water partition coefficient (Wildman–Crippen LogP) is 0.560. The molecule has 7 nitrogen and oxygen atoms in total. The normalized spacial score (nSPS) is 11.7. The number of aliphatic carboxylic acids is 1. The molecule has 2 amide bonds. The van der Waals surface area contributed by atoms with Crippen LogP contribution in [0.3, 0.4) is 0 Å². The van der Waals surface area contributed by atoms with Crippen LogP contribution in [0.15, 0.2) is 22.8 Å². The van der Waals surface area contributed by atoms with Crippen molar-refractivity contribution in [2.24, 2.45) is 0 Å². The van der Waals surface area contributed by atoms with Crippen molar-refractivity contribution in [3.05, 3.63) is 24.2 Å². The number of rotatable bonds is 10. The number of nitrogens with one attached hydrogen (secondary N) is 1. The molecule has 1 atom stereocenters. The van der Waals surface area contributed by atoms with Gasteiger partial charge in [0.1, 0.15) is 11.8 Å². The zero-order chi connectivity index (χ0) is 15.7. The summed E-state index contributed by atoms with van der Waals surface area (Å²) in [4.78, 5) is 34.4. The van der Waals surface area contributed by atoms with Gasteiger partial charge in [-0.2, -0.15) is 11.8 Å². The van der Waals surface area contributed by atoms with Crippen molar-refractivity contribution >= 4 is 30.0 Å². The maximum atomic E-state index is 11.8. The molecule has 8 heteroatoms. The van der Waals surface area contributed by atoms with Gasteiger partial charge in [-0.15, -0.1) is 0 Å². The minimum atomic E-state index is -1.08. The highest BCUT2D eigenvalue weighted by molar-refractivity contribution is 7.99. The molecular formula is C13H18N2O5S. The Hall–Kier alpha value is -1.96. The minimum Gasteiger partial charge on any atom is -0.480 e. The lowest BCUT2D eigenvalue weighted by atomic mass is 10.2. The fourth-order valence-electron chi connectivity index (χ4n) is 1.56. The van der Waals surface area contributed by atoms with Crippen LogP contribution in [0.2, 0.25) is 0 Å². The van der Waals surface area contributed by atoms with Crippen LogP contribution in [0.25, 0.3) is 0 Å². The number of carboxylic acids is 1. The van der Waals surface area contributed by atoms with E-state index >= 15 is 0 Å². The van der Waals surface area contributed by atoms with E-state index in [1.807, 2.05) is 0 Å². The SMILES string of the molecule is CN(Cc1ccco1)C(=O)CSCCC(NC=O)C(=O)O. The third-order valence-electron chi connectivity index (χ3n) is 2.74. The molecule has 0 aromatic carbocycles. The van der Waals surface area contributed by atoms with Crippen LogP contribution in [-0.4, -0.2) is 52.9 Å². The van der Waals surface area contributed by atoms with Crippen LogP contribution in [-0.2, 0) is 20.9 Å². The van der Waals surface area contributed by atoms with E-state index in [4.69, 9.17) is 9.52 Å². The number of carbonyl (C=O) groups is 3. The van der Waals surface area contributed by atoms with Crippen molar-refractivity contribution in [1.29, 1.82) is 0 Å². The largest absolute Gasteiger partial charge is 0.480 e. The van der Waals surface area contributed by atoms with Gasteiger partial charge in [-0.1, -0.05) is 0 Å². The van der Waals surface area contributed by atoms with Crippen molar-refractivity contribution in [2.75, 3.05) is 18.6 Å². The monoisotopic (exact) mass is 314 g/mol. The first-order valence-corrected chi connectivity index (χ1v) is 7.46. The van der Waals surface area contributed by atoms with E-state index in [2.05, 4.69) is 5.32 Å². The molecule has 0 aliphatic carbocycles. The maximum Gasteiger partial charge on any atom is 0.326 e. The zero-order valence-electron chi connectivity index (χ0n) is 11.7. The zero-order valence-corrected chi connectivity index (χ0v) is 12.5. The first-order chi connectivity index (χ1) is 10.0. The summed E-state index contributed by atoms with van der Waals surface area (Å²) in [6.45, 7) is 0.400. The minimum absolute atomic E-state index is 0.0633. The van der Waals surface area contributed by atoms with Crippen LogP contribution in [0, 0.1) is 0 Å². The molecule has 0 fully saturated rings. The van der Waals surface area contributed by atoms with Gasteiger partial charge >= 0.3 is 5.97 Å². The maximum absolute atomic E-state index is 11.8. The second kappa shape index (κ2) is 9.06. The van der Waals surface area contributed by atoms with E-state index in [9.17, 15) is 14.4 Å². The smallest absolute Gasteiger partial charge is 0.326 e. The molecule has 0 saturated heterocycles. The third-order valence-corrected chi connectivity index (χ3v) is 3.72. The fraction of sp³-hybridized carbons (Fsp3) is 0.462. The number of thioether (sulfide) groups is 1. The van der Waals surface area contributed by atoms with Crippen molar-refractivity contribution in [1.82, 2.24) is 10.2 Å². The topological polar surface area (TPSA) is 99.9 Å². The fourth-order valence-corrected chi connectivity index (χ4v) is 2.50. The van der Waals surface area contributed by atoms with Crippen molar-refractivity contribution in [3.8, 4) is 0 Å². The Kier molecular flexibility index (Phi) is 7.38. The van der Waals surface area contributed by atoms with Gasteiger partial charge in [-0.3, -0.25) is 9.59 Å². The van der Waals surface area contributed by atoms with Crippen LogP contribution in [0.5, 0.6) is 0 Å². The summed E-state index contributed by atoms with van der Waals surface area (Å²) >= 11 is 1.33. The summed E-state index contributed by atoms with van der Waals surface area (Å²) in [5.41, 5.74) is 0. The van der Waals surface area contributed by atoms with E-state index < -0.39 is 12.0 Å². The number of hydrogen-bond donors (Lipinski definition) is 2. The van der Waals surface area contributed by atoms with Gasteiger partial charge in [0.05, 0.1) is 18.6 Å². The summed E-state index contributed by atoms with van der Waals surface area (Å²) in [6, 6.07) is 2.64. The molecule has 1 rings (SSSR count). The summed E-state index contributed by atoms with van der Waals surface area (Å²) in [5, 5.41) is 11.1. The van der Waals surface area contributed by atoms with Gasteiger partial charge in [0.15, 0.2) is 0 Å². The highest BCUT2D eigenvalue weighted by Crippen LogP contribution is 2.09. The average Bonchev–Trinajstić information content (AvgIpc) is 2.94. The lowest BCUT2D eigenvalue weighted by Crippen LogP contribution is -2.36. The van der Waals surface area contributed by atoms with Gasteiger partial charge < -0.3 is 19.7 Å². The Morgan fingerprint density at radius 1 is 1.57 bits per heavy atom. The Morgan fingerprint density at radius 2 is 2.33 bits per heavy atom. The molecule has 2 N–H and O–H groups in total. The lowest BCUT2D eigenvalue weighted by Gasteiger charge is -2.16.